The number of hydrogen-bond donors (Lipinski definition) is 0. The van der Waals surface area contributed by atoms with E-state index >= 15 is 0 Å². The summed E-state index contributed by atoms with van der Waals surface area (Å²) in [5.74, 6) is 0.464. The number of carbonyl (C=O) groups is 1. The third-order valence-electron chi connectivity index (χ3n) is 6.20. The van der Waals surface area contributed by atoms with E-state index in [0.717, 1.165) is 21.3 Å². The smallest absolute Gasteiger partial charge is 0.266 e. The summed E-state index contributed by atoms with van der Waals surface area (Å²) in [7, 11) is 0. The van der Waals surface area contributed by atoms with Crippen LogP contribution >= 0.6 is 15.9 Å². The number of rotatable bonds is 9. The molecule has 0 aliphatic carbocycles. The van der Waals surface area contributed by atoms with E-state index in [1.54, 1.807) is 15.5 Å². The summed E-state index contributed by atoms with van der Waals surface area (Å²) in [6.45, 7) is 7.21. The van der Waals surface area contributed by atoms with Gasteiger partial charge >= 0.3 is 0 Å². The molecule has 0 saturated carbocycles. The van der Waals surface area contributed by atoms with Gasteiger partial charge in [0.05, 0.1) is 35.7 Å². The van der Waals surface area contributed by atoms with E-state index in [0.29, 0.717) is 36.5 Å². The van der Waals surface area contributed by atoms with Gasteiger partial charge in [0.25, 0.3) is 5.56 Å². The normalized spacial score (nSPS) is 12.0. The van der Waals surface area contributed by atoms with Crippen LogP contribution in [0.25, 0.3) is 16.6 Å². The second-order valence-corrected chi connectivity index (χ2v) is 9.64. The Morgan fingerprint density at radius 1 is 1.06 bits per heavy atom. The van der Waals surface area contributed by atoms with Gasteiger partial charge in [0.1, 0.15) is 5.82 Å². The predicted octanol–water partition coefficient (Wildman–Crippen LogP) is 5.63. The zero-order valence-electron chi connectivity index (χ0n) is 20.8. The van der Waals surface area contributed by atoms with Crippen LogP contribution in [-0.2, 0) is 16.0 Å². The minimum absolute atomic E-state index is 0.0533. The Bertz CT molecular complexity index is 1400. The van der Waals surface area contributed by atoms with Crippen molar-refractivity contribution in [2.24, 2.45) is 0 Å². The van der Waals surface area contributed by atoms with Crippen molar-refractivity contribution in [1.82, 2.24) is 14.5 Å². The Morgan fingerprint density at radius 2 is 1.75 bits per heavy atom. The highest BCUT2D eigenvalue weighted by Gasteiger charge is 2.27. The molecule has 0 aliphatic rings. The summed E-state index contributed by atoms with van der Waals surface area (Å²) in [6, 6.07) is 22.3. The number of halogens is 1. The quantitative estimate of drug-likeness (QED) is 0.255. The van der Waals surface area contributed by atoms with Gasteiger partial charge in [-0.05, 0) is 62.7 Å². The molecule has 0 N–H and O–H groups in total. The highest BCUT2D eigenvalue weighted by Crippen LogP contribution is 2.24. The van der Waals surface area contributed by atoms with Crippen LogP contribution in [0.5, 0.6) is 0 Å². The molecule has 1 atom stereocenters. The molecule has 0 saturated heterocycles. The predicted molar refractivity (Wildman–Crippen MR) is 147 cm³/mol. The molecule has 6 nitrogen and oxygen atoms in total. The molecular formula is C29H30BrN3O3. The van der Waals surface area contributed by atoms with E-state index in [-0.39, 0.29) is 17.9 Å². The molecule has 36 heavy (non-hydrogen) atoms. The molecular weight excluding hydrogens is 518 g/mol. The van der Waals surface area contributed by atoms with Crippen molar-refractivity contribution >= 4 is 32.7 Å². The summed E-state index contributed by atoms with van der Waals surface area (Å²) >= 11 is 3.45. The fraction of sp³-hybridized carbons (Fsp3) is 0.276. The van der Waals surface area contributed by atoms with Gasteiger partial charge in [0, 0.05) is 17.6 Å². The molecule has 1 heterocycles. The van der Waals surface area contributed by atoms with Gasteiger partial charge in [0.15, 0.2) is 0 Å². The van der Waals surface area contributed by atoms with Crippen molar-refractivity contribution in [2.75, 3.05) is 19.8 Å². The fourth-order valence-corrected chi connectivity index (χ4v) is 4.50. The fourth-order valence-electron chi connectivity index (χ4n) is 4.23. The average molecular weight is 548 g/mol. The number of carbonyl (C=O) groups excluding carboxylic acids is 1. The zero-order valence-corrected chi connectivity index (χ0v) is 22.4. The van der Waals surface area contributed by atoms with Crippen LogP contribution in [-0.4, -0.2) is 40.1 Å². The average Bonchev–Trinajstić information content (AvgIpc) is 2.88. The standard InChI is InChI=1S/C29H30BrN3O3/c1-4-36-18-17-32(27(34)19-22-11-13-23(30)14-12-22)21(3)28-31-26-8-6-5-7-25(26)29(35)33(28)24-15-9-20(2)10-16-24/h5-16,21H,4,17-19H2,1-3H3. The maximum Gasteiger partial charge on any atom is 0.266 e. The first-order valence-corrected chi connectivity index (χ1v) is 12.9. The lowest BCUT2D eigenvalue weighted by molar-refractivity contribution is -0.133. The number of para-hydroxylation sites is 1. The summed E-state index contributed by atoms with van der Waals surface area (Å²) in [5.41, 5.74) is 3.18. The van der Waals surface area contributed by atoms with Gasteiger partial charge in [0.2, 0.25) is 5.91 Å². The van der Waals surface area contributed by atoms with Crippen LogP contribution in [0.1, 0.15) is 36.8 Å². The number of hydrogen-bond acceptors (Lipinski definition) is 4. The molecule has 3 aromatic carbocycles. The van der Waals surface area contributed by atoms with E-state index in [9.17, 15) is 9.59 Å². The van der Waals surface area contributed by atoms with E-state index in [1.807, 2.05) is 87.5 Å². The summed E-state index contributed by atoms with van der Waals surface area (Å²) in [4.78, 5) is 34.0. The molecule has 7 heteroatoms. The van der Waals surface area contributed by atoms with Crippen molar-refractivity contribution < 1.29 is 9.53 Å². The van der Waals surface area contributed by atoms with E-state index < -0.39 is 6.04 Å². The van der Waals surface area contributed by atoms with Crippen LogP contribution in [0, 0.1) is 6.92 Å². The molecule has 186 valence electrons. The number of fused-ring (bicyclic) bond motifs is 1. The van der Waals surface area contributed by atoms with Crippen molar-refractivity contribution in [1.29, 1.82) is 0 Å². The van der Waals surface area contributed by atoms with E-state index in [1.165, 1.54) is 0 Å². The van der Waals surface area contributed by atoms with Gasteiger partial charge in [-0.3, -0.25) is 14.2 Å². The van der Waals surface area contributed by atoms with Gasteiger partial charge in [-0.2, -0.15) is 0 Å². The Morgan fingerprint density at radius 3 is 2.44 bits per heavy atom. The number of aryl methyl sites for hydroxylation is 1. The number of aromatic nitrogens is 2. The van der Waals surface area contributed by atoms with Crippen molar-refractivity contribution in [3.63, 3.8) is 0 Å². The molecule has 4 aromatic rings. The van der Waals surface area contributed by atoms with Crippen molar-refractivity contribution in [3.8, 4) is 5.69 Å². The Hall–Kier alpha value is -3.29. The monoisotopic (exact) mass is 547 g/mol. The zero-order chi connectivity index (χ0) is 25.7. The maximum atomic E-state index is 13.7. The van der Waals surface area contributed by atoms with E-state index in [2.05, 4.69) is 15.9 Å². The molecule has 0 aliphatic heterocycles. The largest absolute Gasteiger partial charge is 0.380 e. The number of amides is 1. The summed E-state index contributed by atoms with van der Waals surface area (Å²) in [6.07, 6.45) is 0.242. The first-order chi connectivity index (χ1) is 17.4. The van der Waals surface area contributed by atoms with Crippen LogP contribution in [0.3, 0.4) is 0 Å². The SMILES string of the molecule is CCOCCN(C(=O)Cc1ccc(Br)cc1)C(C)c1nc2ccccc2c(=O)n1-c1ccc(C)cc1. The van der Waals surface area contributed by atoms with Crippen molar-refractivity contribution in [3.05, 3.63) is 105 Å². The first kappa shape index (κ1) is 25.8. The lowest BCUT2D eigenvalue weighted by atomic mass is 10.1. The van der Waals surface area contributed by atoms with Crippen LogP contribution < -0.4 is 5.56 Å². The molecule has 0 spiro atoms. The molecule has 4 rings (SSSR count). The Balaban J connectivity index is 1.80. The lowest BCUT2D eigenvalue weighted by Crippen LogP contribution is -2.40. The van der Waals surface area contributed by atoms with Gasteiger partial charge in [-0.1, -0.05) is 57.9 Å². The Kier molecular flexibility index (Phi) is 8.33. The van der Waals surface area contributed by atoms with Crippen LogP contribution in [0.2, 0.25) is 0 Å². The topological polar surface area (TPSA) is 64.4 Å². The molecule has 1 amide bonds. The van der Waals surface area contributed by atoms with Crippen molar-refractivity contribution in [2.45, 2.75) is 33.2 Å². The van der Waals surface area contributed by atoms with Gasteiger partial charge < -0.3 is 9.64 Å². The second-order valence-electron chi connectivity index (χ2n) is 8.73. The van der Waals surface area contributed by atoms with Gasteiger partial charge in [-0.25, -0.2) is 4.98 Å². The molecule has 0 radical (unpaired) electrons. The lowest BCUT2D eigenvalue weighted by Gasteiger charge is -2.30. The minimum atomic E-state index is -0.466. The number of nitrogens with zero attached hydrogens (tertiary/aromatic N) is 3. The first-order valence-electron chi connectivity index (χ1n) is 12.1. The Labute approximate surface area is 219 Å². The summed E-state index contributed by atoms with van der Waals surface area (Å²) < 4.78 is 8.19. The number of ether oxygens (including phenoxy) is 1. The summed E-state index contributed by atoms with van der Waals surface area (Å²) in [5, 5.41) is 0.538. The highest BCUT2D eigenvalue weighted by atomic mass is 79.9. The second kappa shape index (κ2) is 11.6. The third-order valence-corrected chi connectivity index (χ3v) is 6.73. The molecule has 0 fully saturated rings. The van der Waals surface area contributed by atoms with E-state index in [4.69, 9.17) is 9.72 Å². The molecule has 1 unspecified atom stereocenters. The van der Waals surface area contributed by atoms with Crippen LogP contribution in [0.15, 0.2) is 82.1 Å². The number of benzene rings is 3. The maximum absolute atomic E-state index is 13.7. The van der Waals surface area contributed by atoms with Crippen LogP contribution in [0.4, 0.5) is 0 Å². The third kappa shape index (κ3) is 5.74. The molecule has 1 aromatic heterocycles. The highest BCUT2D eigenvalue weighted by molar-refractivity contribution is 9.10. The minimum Gasteiger partial charge on any atom is -0.380 e. The molecule has 0 bridgehead atoms. The van der Waals surface area contributed by atoms with Gasteiger partial charge in [-0.15, -0.1) is 0 Å².